The van der Waals surface area contributed by atoms with E-state index in [1.807, 2.05) is 19.9 Å². The topological polar surface area (TPSA) is 88.4 Å². The van der Waals surface area contributed by atoms with E-state index in [0.717, 1.165) is 11.4 Å². The van der Waals surface area contributed by atoms with Crippen LogP contribution in [0.15, 0.2) is 36.5 Å². The fraction of sp³-hybridized carbons (Fsp3) is 0.125. The van der Waals surface area contributed by atoms with E-state index in [9.17, 15) is 9.59 Å². The largest absolute Gasteiger partial charge is 0.275 e. The van der Waals surface area contributed by atoms with E-state index in [4.69, 9.17) is 11.6 Å². The van der Waals surface area contributed by atoms with Gasteiger partial charge in [-0.15, -0.1) is 0 Å². The van der Waals surface area contributed by atoms with Crippen molar-refractivity contribution in [2.45, 2.75) is 13.8 Å². The van der Waals surface area contributed by atoms with Crippen molar-refractivity contribution < 1.29 is 9.59 Å². The zero-order valence-electron chi connectivity index (χ0n) is 13.0. The number of hydrogen-bond donors (Lipinski definition) is 2. The number of aromatic nitrogens is 3. The molecule has 3 aromatic rings. The fourth-order valence-electron chi connectivity index (χ4n) is 2.28. The Bertz CT molecular complexity index is 934. The smallest absolute Gasteiger partial charge is 0.267 e. The van der Waals surface area contributed by atoms with Crippen LogP contribution in [0.5, 0.6) is 0 Å². The summed E-state index contributed by atoms with van der Waals surface area (Å²) in [7, 11) is 0. The summed E-state index contributed by atoms with van der Waals surface area (Å²) in [6.07, 6.45) is 1.42. The lowest BCUT2D eigenvalue weighted by atomic mass is 10.2. The summed E-state index contributed by atoms with van der Waals surface area (Å²) in [5, 5.41) is 4.67. The number of benzene rings is 1. The summed E-state index contributed by atoms with van der Waals surface area (Å²) in [6, 6.07) is 8.18. The monoisotopic (exact) mass is 343 g/mol. The van der Waals surface area contributed by atoms with Crippen LogP contribution in [0.2, 0.25) is 5.02 Å². The second-order valence-electron chi connectivity index (χ2n) is 5.25. The first-order valence-electron chi connectivity index (χ1n) is 7.14. The van der Waals surface area contributed by atoms with Gasteiger partial charge in [0.05, 0.1) is 6.20 Å². The van der Waals surface area contributed by atoms with Crippen LogP contribution in [0.1, 0.15) is 32.1 Å². The molecule has 0 radical (unpaired) electrons. The van der Waals surface area contributed by atoms with E-state index in [2.05, 4.69) is 20.9 Å². The third kappa shape index (κ3) is 3.07. The minimum atomic E-state index is -0.496. The maximum atomic E-state index is 12.3. The van der Waals surface area contributed by atoms with E-state index in [1.165, 1.54) is 6.20 Å². The van der Waals surface area contributed by atoms with Crippen molar-refractivity contribution in [2.24, 2.45) is 0 Å². The normalized spacial score (nSPS) is 10.6. The molecule has 0 saturated carbocycles. The number of hydrazine groups is 1. The van der Waals surface area contributed by atoms with Crippen LogP contribution in [-0.4, -0.2) is 26.4 Å². The number of fused-ring (bicyclic) bond motifs is 1. The van der Waals surface area contributed by atoms with Gasteiger partial charge in [0.25, 0.3) is 11.8 Å². The van der Waals surface area contributed by atoms with Gasteiger partial charge in [-0.05, 0) is 44.2 Å². The minimum Gasteiger partial charge on any atom is -0.267 e. The number of aryl methyl sites for hydroxylation is 2. The molecule has 0 bridgehead atoms. The number of nitrogens with one attached hydrogen (secondary N) is 2. The number of amides is 2. The average Bonchev–Trinajstić information content (AvgIpc) is 2.97. The highest BCUT2D eigenvalue weighted by molar-refractivity contribution is 6.30. The molecule has 0 atom stereocenters. The first kappa shape index (κ1) is 15.9. The predicted molar refractivity (Wildman–Crippen MR) is 88.8 cm³/mol. The Labute approximate surface area is 142 Å². The molecular weight excluding hydrogens is 330 g/mol. The van der Waals surface area contributed by atoms with Gasteiger partial charge in [0, 0.05) is 22.0 Å². The Kier molecular flexibility index (Phi) is 4.18. The van der Waals surface area contributed by atoms with Crippen molar-refractivity contribution in [1.29, 1.82) is 0 Å². The van der Waals surface area contributed by atoms with Crippen molar-refractivity contribution in [1.82, 2.24) is 25.4 Å². The second kappa shape index (κ2) is 6.29. The quantitative estimate of drug-likeness (QED) is 0.697. The van der Waals surface area contributed by atoms with Gasteiger partial charge in [-0.1, -0.05) is 11.6 Å². The molecule has 7 nitrogen and oxygen atoms in total. The molecule has 0 aliphatic rings. The Hall–Kier alpha value is -2.93. The Balaban J connectivity index is 1.76. The van der Waals surface area contributed by atoms with Crippen molar-refractivity contribution in [3.05, 3.63) is 64.1 Å². The molecule has 2 heterocycles. The highest BCUT2D eigenvalue weighted by Crippen LogP contribution is 2.12. The summed E-state index contributed by atoms with van der Waals surface area (Å²) in [5.41, 5.74) is 7.45. The number of carbonyl (C=O) groups is 2. The van der Waals surface area contributed by atoms with Gasteiger partial charge in [0.15, 0.2) is 5.65 Å². The van der Waals surface area contributed by atoms with Crippen LogP contribution in [0.3, 0.4) is 0 Å². The SMILES string of the molecule is Cc1cc(C)n2ncc(C(=O)NNC(=O)c3ccc(Cl)cc3)c2n1. The molecule has 122 valence electrons. The summed E-state index contributed by atoms with van der Waals surface area (Å²) in [5.74, 6) is -0.943. The van der Waals surface area contributed by atoms with Crippen molar-refractivity contribution in [3.63, 3.8) is 0 Å². The van der Waals surface area contributed by atoms with E-state index in [-0.39, 0.29) is 5.56 Å². The number of hydrogen-bond acceptors (Lipinski definition) is 4. The van der Waals surface area contributed by atoms with Gasteiger partial charge in [0.1, 0.15) is 5.56 Å². The number of rotatable bonds is 2. The van der Waals surface area contributed by atoms with Gasteiger partial charge >= 0.3 is 0 Å². The highest BCUT2D eigenvalue weighted by Gasteiger charge is 2.16. The van der Waals surface area contributed by atoms with Crippen LogP contribution in [0, 0.1) is 13.8 Å². The zero-order chi connectivity index (χ0) is 17.3. The molecule has 2 amide bonds. The van der Waals surface area contributed by atoms with Crippen molar-refractivity contribution >= 4 is 29.1 Å². The molecule has 0 unspecified atom stereocenters. The molecule has 0 saturated heterocycles. The average molecular weight is 344 g/mol. The van der Waals surface area contributed by atoms with Crippen molar-refractivity contribution in [3.8, 4) is 0 Å². The lowest BCUT2D eigenvalue weighted by Crippen LogP contribution is -2.41. The van der Waals surface area contributed by atoms with Crippen LogP contribution >= 0.6 is 11.6 Å². The molecule has 24 heavy (non-hydrogen) atoms. The van der Waals surface area contributed by atoms with Gasteiger partial charge in [-0.2, -0.15) is 5.10 Å². The summed E-state index contributed by atoms with van der Waals surface area (Å²) < 4.78 is 1.57. The summed E-state index contributed by atoms with van der Waals surface area (Å²) in [6.45, 7) is 3.71. The molecule has 0 aliphatic heterocycles. The van der Waals surface area contributed by atoms with E-state index < -0.39 is 11.8 Å². The number of nitrogens with zero attached hydrogens (tertiary/aromatic N) is 3. The van der Waals surface area contributed by atoms with E-state index >= 15 is 0 Å². The van der Waals surface area contributed by atoms with E-state index in [1.54, 1.807) is 28.8 Å². The first-order chi connectivity index (χ1) is 11.5. The number of carbonyl (C=O) groups excluding carboxylic acids is 2. The van der Waals surface area contributed by atoms with Gasteiger partial charge in [0.2, 0.25) is 0 Å². The van der Waals surface area contributed by atoms with Gasteiger partial charge in [-0.25, -0.2) is 9.50 Å². The zero-order valence-corrected chi connectivity index (χ0v) is 13.8. The minimum absolute atomic E-state index is 0.276. The predicted octanol–water partition coefficient (Wildman–Crippen LogP) is 2.07. The van der Waals surface area contributed by atoms with Crippen LogP contribution in [0.4, 0.5) is 0 Å². The van der Waals surface area contributed by atoms with E-state index in [0.29, 0.717) is 16.2 Å². The van der Waals surface area contributed by atoms with Crippen LogP contribution in [-0.2, 0) is 0 Å². The third-order valence-electron chi connectivity index (χ3n) is 3.42. The molecule has 3 rings (SSSR count). The lowest BCUT2D eigenvalue weighted by Gasteiger charge is -2.07. The molecular formula is C16H14ClN5O2. The standard InChI is InChI=1S/C16H14ClN5O2/c1-9-7-10(2)22-14(19-9)13(8-18-22)16(24)21-20-15(23)11-3-5-12(17)6-4-11/h3-8H,1-2H3,(H,20,23)(H,21,24). The third-order valence-corrected chi connectivity index (χ3v) is 3.67. The highest BCUT2D eigenvalue weighted by atomic mass is 35.5. The Morgan fingerprint density at radius 3 is 2.46 bits per heavy atom. The molecule has 2 N–H and O–H groups in total. The molecule has 8 heteroatoms. The molecule has 0 spiro atoms. The van der Waals surface area contributed by atoms with Crippen LogP contribution < -0.4 is 10.9 Å². The molecule has 2 aromatic heterocycles. The van der Waals surface area contributed by atoms with Gasteiger partial charge in [-0.3, -0.25) is 20.4 Å². The second-order valence-corrected chi connectivity index (χ2v) is 5.68. The molecule has 0 aliphatic carbocycles. The number of halogens is 1. The first-order valence-corrected chi connectivity index (χ1v) is 7.52. The van der Waals surface area contributed by atoms with Crippen molar-refractivity contribution in [2.75, 3.05) is 0 Å². The molecule has 1 aromatic carbocycles. The summed E-state index contributed by atoms with van der Waals surface area (Å²) >= 11 is 5.77. The maximum absolute atomic E-state index is 12.3. The Morgan fingerprint density at radius 2 is 1.75 bits per heavy atom. The molecule has 0 fully saturated rings. The van der Waals surface area contributed by atoms with Gasteiger partial charge < -0.3 is 0 Å². The summed E-state index contributed by atoms with van der Waals surface area (Å²) in [4.78, 5) is 28.6. The Morgan fingerprint density at radius 1 is 1.08 bits per heavy atom. The van der Waals surface area contributed by atoms with Crippen LogP contribution in [0.25, 0.3) is 5.65 Å². The fourth-order valence-corrected chi connectivity index (χ4v) is 2.41. The maximum Gasteiger partial charge on any atom is 0.275 e. The lowest BCUT2D eigenvalue weighted by molar-refractivity contribution is 0.0847.